The summed E-state index contributed by atoms with van der Waals surface area (Å²) in [6.45, 7) is 0. The third-order valence-electron chi connectivity index (χ3n) is 2.39. The lowest BCUT2D eigenvalue weighted by Crippen LogP contribution is -2.15. The lowest BCUT2D eigenvalue weighted by Gasteiger charge is -2.05. The molecule has 3 nitrogen and oxygen atoms in total. The maximum atomic E-state index is 11.7. The zero-order valence-corrected chi connectivity index (χ0v) is 13.6. The Morgan fingerprint density at radius 3 is 2.90 bits per heavy atom. The Morgan fingerprint density at radius 2 is 2.20 bits per heavy atom. The standard InChI is InChI=1S/C14H12BrClN2OS/c15-11-4-5-13(17-7-11)18-14(19)9-20-8-10-2-1-3-12(16)6-10/h1-7H,8-9H2,(H,17,18,19). The Hall–Kier alpha value is -1.04. The van der Waals surface area contributed by atoms with Crippen LogP contribution in [0.15, 0.2) is 47.1 Å². The van der Waals surface area contributed by atoms with Gasteiger partial charge in [0.2, 0.25) is 5.91 Å². The number of carbonyl (C=O) groups excluding carboxylic acids is 1. The van der Waals surface area contributed by atoms with E-state index in [1.54, 1.807) is 12.3 Å². The molecule has 0 fully saturated rings. The van der Waals surface area contributed by atoms with Crippen molar-refractivity contribution in [3.63, 3.8) is 0 Å². The van der Waals surface area contributed by atoms with Crippen LogP contribution in [-0.4, -0.2) is 16.6 Å². The molecule has 2 aromatic rings. The molecule has 20 heavy (non-hydrogen) atoms. The first-order chi connectivity index (χ1) is 9.63. The third-order valence-corrected chi connectivity index (χ3v) is 4.09. The van der Waals surface area contributed by atoms with Crippen molar-refractivity contribution in [2.75, 3.05) is 11.1 Å². The number of benzene rings is 1. The van der Waals surface area contributed by atoms with Gasteiger partial charge in [0.1, 0.15) is 5.82 Å². The second-order valence-electron chi connectivity index (χ2n) is 4.03. The molecule has 1 heterocycles. The topological polar surface area (TPSA) is 42.0 Å². The van der Waals surface area contributed by atoms with Crippen LogP contribution in [0.4, 0.5) is 5.82 Å². The molecule has 0 radical (unpaired) electrons. The summed E-state index contributed by atoms with van der Waals surface area (Å²) in [5.41, 5.74) is 1.11. The highest BCUT2D eigenvalue weighted by atomic mass is 79.9. The van der Waals surface area contributed by atoms with Gasteiger partial charge >= 0.3 is 0 Å². The van der Waals surface area contributed by atoms with Crippen LogP contribution < -0.4 is 5.32 Å². The van der Waals surface area contributed by atoms with Gasteiger partial charge in [-0.1, -0.05) is 23.7 Å². The van der Waals surface area contributed by atoms with Crippen molar-refractivity contribution in [1.82, 2.24) is 4.98 Å². The Morgan fingerprint density at radius 1 is 1.35 bits per heavy atom. The van der Waals surface area contributed by atoms with E-state index in [0.29, 0.717) is 16.6 Å². The molecule has 0 spiro atoms. The first-order valence-corrected chi connectivity index (χ1v) is 8.19. The number of anilines is 1. The van der Waals surface area contributed by atoms with Gasteiger partial charge in [0.25, 0.3) is 0 Å². The first kappa shape index (κ1) is 15.4. The molecule has 0 bridgehead atoms. The number of hydrogen-bond acceptors (Lipinski definition) is 3. The molecule has 2 rings (SSSR count). The molecule has 0 aliphatic heterocycles. The smallest absolute Gasteiger partial charge is 0.235 e. The van der Waals surface area contributed by atoms with Crippen LogP contribution in [0.25, 0.3) is 0 Å². The van der Waals surface area contributed by atoms with Crippen molar-refractivity contribution in [1.29, 1.82) is 0 Å². The average Bonchev–Trinajstić information content (AvgIpc) is 2.41. The maximum Gasteiger partial charge on any atom is 0.235 e. The predicted octanol–water partition coefficient (Wildman–Crippen LogP) is 4.37. The summed E-state index contributed by atoms with van der Waals surface area (Å²) in [5.74, 6) is 1.62. The second-order valence-corrected chi connectivity index (χ2v) is 6.37. The van der Waals surface area contributed by atoms with Crippen molar-refractivity contribution in [3.05, 3.63) is 57.7 Å². The number of nitrogens with one attached hydrogen (secondary N) is 1. The number of aromatic nitrogens is 1. The number of rotatable bonds is 5. The molecular formula is C14H12BrClN2OS. The monoisotopic (exact) mass is 370 g/mol. The highest BCUT2D eigenvalue weighted by Gasteiger charge is 2.04. The van der Waals surface area contributed by atoms with E-state index in [4.69, 9.17) is 11.6 Å². The molecule has 0 saturated heterocycles. The van der Waals surface area contributed by atoms with Crippen LogP contribution in [0.3, 0.4) is 0 Å². The third kappa shape index (κ3) is 5.15. The van der Waals surface area contributed by atoms with Gasteiger partial charge in [-0.15, -0.1) is 11.8 Å². The SMILES string of the molecule is O=C(CSCc1cccc(Cl)c1)Nc1ccc(Br)cn1. The van der Waals surface area contributed by atoms with E-state index in [2.05, 4.69) is 26.2 Å². The second kappa shape index (κ2) is 7.67. The highest BCUT2D eigenvalue weighted by molar-refractivity contribution is 9.10. The molecule has 0 atom stereocenters. The number of halogens is 2. The van der Waals surface area contributed by atoms with Gasteiger partial charge in [-0.3, -0.25) is 4.79 Å². The first-order valence-electron chi connectivity index (χ1n) is 5.87. The van der Waals surface area contributed by atoms with Gasteiger partial charge in [0, 0.05) is 21.4 Å². The Labute approximate surface area is 135 Å². The van der Waals surface area contributed by atoms with E-state index < -0.39 is 0 Å². The summed E-state index contributed by atoms with van der Waals surface area (Å²) in [7, 11) is 0. The van der Waals surface area contributed by atoms with Crippen LogP contribution in [0.2, 0.25) is 5.02 Å². The van der Waals surface area contributed by atoms with Crippen LogP contribution in [-0.2, 0) is 10.5 Å². The maximum absolute atomic E-state index is 11.7. The summed E-state index contributed by atoms with van der Waals surface area (Å²) < 4.78 is 0.880. The molecule has 1 N–H and O–H groups in total. The summed E-state index contributed by atoms with van der Waals surface area (Å²) in [6.07, 6.45) is 1.65. The summed E-state index contributed by atoms with van der Waals surface area (Å²) >= 11 is 10.7. The fraction of sp³-hybridized carbons (Fsp3) is 0.143. The molecule has 0 saturated carbocycles. The van der Waals surface area contributed by atoms with Gasteiger partial charge < -0.3 is 5.32 Å². The Balaban J connectivity index is 1.76. The quantitative estimate of drug-likeness (QED) is 0.848. The van der Waals surface area contributed by atoms with Gasteiger partial charge in [-0.05, 0) is 45.8 Å². The minimum absolute atomic E-state index is 0.0631. The fourth-order valence-electron chi connectivity index (χ4n) is 1.52. The van der Waals surface area contributed by atoms with E-state index in [1.807, 2.05) is 30.3 Å². The van der Waals surface area contributed by atoms with Crippen molar-refractivity contribution in [3.8, 4) is 0 Å². The summed E-state index contributed by atoms with van der Waals surface area (Å²) in [5, 5.41) is 3.46. The predicted molar refractivity (Wildman–Crippen MR) is 88.2 cm³/mol. The minimum atomic E-state index is -0.0631. The number of carbonyl (C=O) groups is 1. The number of nitrogens with zero attached hydrogens (tertiary/aromatic N) is 1. The van der Waals surface area contributed by atoms with E-state index in [1.165, 1.54) is 11.8 Å². The molecule has 1 amide bonds. The molecule has 0 aliphatic rings. The molecule has 0 unspecified atom stereocenters. The minimum Gasteiger partial charge on any atom is -0.310 e. The van der Waals surface area contributed by atoms with Gasteiger partial charge in [0.05, 0.1) is 5.75 Å². The Kier molecular flexibility index (Phi) is 5.88. The zero-order valence-electron chi connectivity index (χ0n) is 10.5. The van der Waals surface area contributed by atoms with Crippen molar-refractivity contribution >= 4 is 51.0 Å². The van der Waals surface area contributed by atoms with Gasteiger partial charge in [0.15, 0.2) is 0 Å². The van der Waals surface area contributed by atoms with E-state index >= 15 is 0 Å². The highest BCUT2D eigenvalue weighted by Crippen LogP contribution is 2.17. The number of amides is 1. The van der Waals surface area contributed by atoms with Crippen LogP contribution in [0.1, 0.15) is 5.56 Å². The van der Waals surface area contributed by atoms with Gasteiger partial charge in [-0.25, -0.2) is 4.98 Å². The van der Waals surface area contributed by atoms with Gasteiger partial charge in [-0.2, -0.15) is 0 Å². The van der Waals surface area contributed by atoms with Crippen LogP contribution in [0, 0.1) is 0 Å². The molecule has 1 aromatic carbocycles. The van der Waals surface area contributed by atoms with E-state index in [9.17, 15) is 4.79 Å². The van der Waals surface area contributed by atoms with Crippen LogP contribution >= 0.6 is 39.3 Å². The largest absolute Gasteiger partial charge is 0.310 e. The summed E-state index contributed by atoms with van der Waals surface area (Å²) in [4.78, 5) is 15.8. The lowest BCUT2D eigenvalue weighted by atomic mass is 10.2. The molecule has 0 aliphatic carbocycles. The molecule has 6 heteroatoms. The van der Waals surface area contributed by atoms with Crippen LogP contribution in [0.5, 0.6) is 0 Å². The Bertz CT molecular complexity index is 592. The van der Waals surface area contributed by atoms with E-state index in [0.717, 1.165) is 15.8 Å². The van der Waals surface area contributed by atoms with Crippen molar-refractivity contribution in [2.24, 2.45) is 0 Å². The lowest BCUT2D eigenvalue weighted by molar-refractivity contribution is -0.113. The van der Waals surface area contributed by atoms with Crippen molar-refractivity contribution < 1.29 is 4.79 Å². The number of pyridine rings is 1. The van der Waals surface area contributed by atoms with Crippen molar-refractivity contribution in [2.45, 2.75) is 5.75 Å². The molecule has 1 aromatic heterocycles. The normalized spacial score (nSPS) is 10.3. The molecular weight excluding hydrogens is 360 g/mol. The summed E-state index contributed by atoms with van der Waals surface area (Å²) in [6, 6.07) is 11.2. The zero-order chi connectivity index (χ0) is 14.4. The molecule has 104 valence electrons. The number of thioether (sulfide) groups is 1. The average molecular weight is 372 g/mol. The fourth-order valence-corrected chi connectivity index (χ4v) is 2.74. The van der Waals surface area contributed by atoms with E-state index in [-0.39, 0.29) is 5.91 Å². The number of hydrogen-bond donors (Lipinski definition) is 1.